The van der Waals surface area contributed by atoms with E-state index in [9.17, 15) is 9.90 Å². The van der Waals surface area contributed by atoms with Gasteiger partial charge >= 0.3 is 0 Å². The molecule has 5 nitrogen and oxygen atoms in total. The molecule has 0 saturated carbocycles. The number of nitrogens with one attached hydrogen (secondary N) is 2. The largest absolute Gasteiger partial charge is 0.391 e. The van der Waals surface area contributed by atoms with Crippen LogP contribution in [0.4, 0.5) is 11.5 Å². The zero-order valence-electron chi connectivity index (χ0n) is 14.4. The fraction of sp³-hybridized carbons (Fsp3) is 0.368. The lowest BCUT2D eigenvalue weighted by Gasteiger charge is -2.17. The van der Waals surface area contributed by atoms with Crippen LogP contribution in [0.25, 0.3) is 0 Å². The minimum absolute atomic E-state index is 0.197. The zero-order valence-corrected chi connectivity index (χ0v) is 14.4. The lowest BCUT2D eigenvalue weighted by atomic mass is 10.0. The van der Waals surface area contributed by atoms with Crippen LogP contribution >= 0.6 is 0 Å². The van der Waals surface area contributed by atoms with Gasteiger partial charge in [0.25, 0.3) is 5.91 Å². The third-order valence-corrected chi connectivity index (χ3v) is 4.13. The molecule has 2 unspecified atom stereocenters. The van der Waals surface area contributed by atoms with Gasteiger partial charge in [0.05, 0.1) is 11.7 Å². The van der Waals surface area contributed by atoms with Crippen LogP contribution in [0.1, 0.15) is 36.2 Å². The SMILES string of the molecule is CCC(C)C(O)CNc1ccc(C(=O)Nc2ccc(C)cc2)cn1. The number of nitrogens with zero attached hydrogens (tertiary/aromatic N) is 1. The van der Waals surface area contributed by atoms with Crippen molar-refractivity contribution in [3.8, 4) is 0 Å². The van der Waals surface area contributed by atoms with E-state index in [1.807, 2.05) is 45.0 Å². The van der Waals surface area contributed by atoms with Crippen LogP contribution < -0.4 is 10.6 Å². The van der Waals surface area contributed by atoms with Crippen molar-refractivity contribution in [3.63, 3.8) is 0 Å². The number of benzene rings is 1. The summed E-state index contributed by atoms with van der Waals surface area (Å²) in [5.74, 6) is 0.679. The van der Waals surface area contributed by atoms with Gasteiger partial charge in [-0.2, -0.15) is 0 Å². The van der Waals surface area contributed by atoms with Crippen LogP contribution in [0.15, 0.2) is 42.6 Å². The number of hydrogen-bond acceptors (Lipinski definition) is 4. The normalized spacial score (nSPS) is 13.2. The molecule has 0 aliphatic heterocycles. The highest BCUT2D eigenvalue weighted by molar-refractivity contribution is 6.04. The van der Waals surface area contributed by atoms with Crippen molar-refractivity contribution in [1.82, 2.24) is 4.98 Å². The molecule has 0 aliphatic rings. The first-order valence-corrected chi connectivity index (χ1v) is 8.25. The predicted molar refractivity (Wildman–Crippen MR) is 97.3 cm³/mol. The van der Waals surface area contributed by atoms with Gasteiger partial charge in [0.2, 0.25) is 0 Å². The van der Waals surface area contributed by atoms with Crippen molar-refractivity contribution in [3.05, 3.63) is 53.7 Å². The average Bonchev–Trinajstić information content (AvgIpc) is 2.61. The number of anilines is 2. The molecule has 3 N–H and O–H groups in total. The van der Waals surface area contributed by atoms with Crippen molar-refractivity contribution in [1.29, 1.82) is 0 Å². The van der Waals surface area contributed by atoms with Gasteiger partial charge in [0.15, 0.2) is 0 Å². The van der Waals surface area contributed by atoms with Gasteiger partial charge in [-0.05, 0) is 37.1 Å². The van der Waals surface area contributed by atoms with Gasteiger partial charge < -0.3 is 15.7 Å². The highest BCUT2D eigenvalue weighted by Crippen LogP contribution is 2.13. The number of carbonyl (C=O) groups is 1. The summed E-state index contributed by atoms with van der Waals surface area (Å²) in [6.45, 7) is 6.50. The topological polar surface area (TPSA) is 74.2 Å². The van der Waals surface area contributed by atoms with Crippen molar-refractivity contribution in [2.24, 2.45) is 5.92 Å². The number of amides is 1. The van der Waals surface area contributed by atoms with Gasteiger partial charge in [-0.3, -0.25) is 4.79 Å². The summed E-state index contributed by atoms with van der Waals surface area (Å²) in [6, 6.07) is 11.1. The molecule has 128 valence electrons. The third-order valence-electron chi connectivity index (χ3n) is 4.13. The monoisotopic (exact) mass is 327 g/mol. The number of hydrogen-bond donors (Lipinski definition) is 3. The first-order valence-electron chi connectivity index (χ1n) is 8.25. The summed E-state index contributed by atoms with van der Waals surface area (Å²) in [5, 5.41) is 15.9. The molecule has 0 bridgehead atoms. The van der Waals surface area contributed by atoms with Gasteiger partial charge in [0, 0.05) is 18.4 Å². The molecule has 1 aromatic carbocycles. The molecule has 0 fully saturated rings. The minimum Gasteiger partial charge on any atom is -0.391 e. The van der Waals surface area contributed by atoms with E-state index < -0.39 is 6.10 Å². The number of carbonyl (C=O) groups excluding carboxylic acids is 1. The first kappa shape index (κ1) is 17.9. The van der Waals surface area contributed by atoms with E-state index in [1.165, 1.54) is 6.20 Å². The van der Waals surface area contributed by atoms with E-state index in [-0.39, 0.29) is 11.8 Å². The smallest absolute Gasteiger partial charge is 0.257 e. The molecule has 0 spiro atoms. The summed E-state index contributed by atoms with van der Waals surface area (Å²) in [6.07, 6.45) is 2.04. The number of aliphatic hydroxyl groups is 1. The van der Waals surface area contributed by atoms with Gasteiger partial charge in [-0.15, -0.1) is 0 Å². The Morgan fingerprint density at radius 2 is 1.92 bits per heavy atom. The van der Waals surface area contributed by atoms with Crippen LogP contribution in [0.2, 0.25) is 0 Å². The van der Waals surface area contributed by atoms with Gasteiger partial charge in [-0.25, -0.2) is 4.98 Å². The number of rotatable bonds is 7. The molecule has 1 amide bonds. The molecule has 2 aromatic rings. The van der Waals surface area contributed by atoms with E-state index in [1.54, 1.807) is 12.1 Å². The Labute approximate surface area is 143 Å². The standard InChI is InChI=1S/C19H25N3O2/c1-4-14(3)17(23)12-21-18-10-7-15(11-20-18)19(24)22-16-8-5-13(2)6-9-16/h5-11,14,17,23H,4,12H2,1-3H3,(H,20,21)(H,22,24). The zero-order chi connectivity index (χ0) is 17.5. The number of aliphatic hydroxyl groups excluding tert-OH is 1. The minimum atomic E-state index is -0.415. The van der Waals surface area contributed by atoms with Crippen LogP contribution in [0.3, 0.4) is 0 Å². The Bertz CT molecular complexity index is 653. The second kappa shape index (κ2) is 8.45. The van der Waals surface area contributed by atoms with E-state index in [4.69, 9.17) is 0 Å². The Morgan fingerprint density at radius 1 is 1.21 bits per heavy atom. The summed E-state index contributed by atoms with van der Waals surface area (Å²) in [7, 11) is 0. The summed E-state index contributed by atoms with van der Waals surface area (Å²) >= 11 is 0. The summed E-state index contributed by atoms with van der Waals surface area (Å²) in [5.41, 5.74) is 2.39. The van der Waals surface area contributed by atoms with Crippen molar-refractivity contribution < 1.29 is 9.90 Å². The highest BCUT2D eigenvalue weighted by atomic mass is 16.3. The van der Waals surface area contributed by atoms with Crippen molar-refractivity contribution >= 4 is 17.4 Å². The molecule has 0 radical (unpaired) electrons. The molecule has 1 heterocycles. The maximum absolute atomic E-state index is 12.2. The lowest BCUT2D eigenvalue weighted by molar-refractivity contribution is 0.102. The van der Waals surface area contributed by atoms with E-state index in [0.717, 1.165) is 17.7 Å². The van der Waals surface area contributed by atoms with E-state index in [0.29, 0.717) is 17.9 Å². The molecular formula is C19H25N3O2. The van der Waals surface area contributed by atoms with E-state index in [2.05, 4.69) is 15.6 Å². The van der Waals surface area contributed by atoms with Crippen LogP contribution in [-0.2, 0) is 0 Å². The van der Waals surface area contributed by atoms with Crippen molar-refractivity contribution in [2.45, 2.75) is 33.3 Å². The maximum Gasteiger partial charge on any atom is 0.257 e. The van der Waals surface area contributed by atoms with Crippen LogP contribution in [0, 0.1) is 12.8 Å². The predicted octanol–water partition coefficient (Wildman–Crippen LogP) is 3.46. The molecule has 2 atom stereocenters. The van der Waals surface area contributed by atoms with Gasteiger partial charge in [0.1, 0.15) is 5.82 Å². The Balaban J connectivity index is 1.91. The van der Waals surface area contributed by atoms with E-state index >= 15 is 0 Å². The molecular weight excluding hydrogens is 302 g/mol. The number of pyridine rings is 1. The molecule has 24 heavy (non-hydrogen) atoms. The fourth-order valence-electron chi connectivity index (χ4n) is 2.16. The molecule has 2 rings (SSSR count). The Morgan fingerprint density at radius 3 is 2.50 bits per heavy atom. The molecule has 1 aromatic heterocycles. The number of aryl methyl sites for hydroxylation is 1. The molecule has 5 heteroatoms. The molecule has 0 saturated heterocycles. The fourth-order valence-corrected chi connectivity index (χ4v) is 2.16. The lowest BCUT2D eigenvalue weighted by Crippen LogP contribution is -2.26. The highest BCUT2D eigenvalue weighted by Gasteiger charge is 2.12. The second-order valence-electron chi connectivity index (χ2n) is 6.09. The van der Waals surface area contributed by atoms with Crippen molar-refractivity contribution in [2.75, 3.05) is 17.2 Å². The second-order valence-corrected chi connectivity index (χ2v) is 6.09. The van der Waals surface area contributed by atoms with Crippen LogP contribution in [0.5, 0.6) is 0 Å². The quantitative estimate of drug-likeness (QED) is 0.728. The average molecular weight is 327 g/mol. The summed E-state index contributed by atoms with van der Waals surface area (Å²) in [4.78, 5) is 16.4. The van der Waals surface area contributed by atoms with Gasteiger partial charge in [-0.1, -0.05) is 38.0 Å². The van der Waals surface area contributed by atoms with Crippen LogP contribution in [-0.4, -0.2) is 28.6 Å². The first-order chi connectivity index (χ1) is 11.5. The molecule has 0 aliphatic carbocycles. The third kappa shape index (κ3) is 5.06. The summed E-state index contributed by atoms with van der Waals surface area (Å²) < 4.78 is 0. The number of aromatic nitrogens is 1. The Kier molecular flexibility index (Phi) is 6.32. The Hall–Kier alpha value is -2.40. The maximum atomic E-state index is 12.2.